The van der Waals surface area contributed by atoms with Crippen LogP contribution in [0.15, 0.2) is 12.1 Å². The molecule has 2 fully saturated rings. The Bertz CT molecular complexity index is 643. The summed E-state index contributed by atoms with van der Waals surface area (Å²) in [6, 6.07) is 3.18. The smallest absolute Gasteiger partial charge is 0.229 e. The minimum absolute atomic E-state index is 0.0319. The van der Waals surface area contributed by atoms with E-state index in [0.717, 1.165) is 32.2 Å². The SMILES string of the molecule is Cc1cc(Cl)cc(NC(=O)[C@@H]2CCCN(C(=O)C3CC3)C2)c1O. The summed E-state index contributed by atoms with van der Waals surface area (Å²) in [6.45, 7) is 2.93. The molecule has 1 saturated heterocycles. The summed E-state index contributed by atoms with van der Waals surface area (Å²) in [5.41, 5.74) is 0.938. The van der Waals surface area contributed by atoms with Gasteiger partial charge in [-0.05, 0) is 50.3 Å². The number of hydrogen-bond donors (Lipinski definition) is 2. The van der Waals surface area contributed by atoms with Crippen molar-refractivity contribution in [2.75, 3.05) is 18.4 Å². The third-order valence-electron chi connectivity index (χ3n) is 4.55. The molecule has 0 radical (unpaired) electrons. The Morgan fingerprint density at radius 2 is 2.00 bits per heavy atom. The first kappa shape index (κ1) is 16.1. The molecule has 1 atom stereocenters. The Balaban J connectivity index is 1.67. The standard InChI is InChI=1S/C17H21ClN2O3/c1-10-7-13(18)8-14(15(10)21)19-16(22)12-3-2-6-20(9-12)17(23)11-4-5-11/h7-8,11-12,21H,2-6,9H2,1H3,(H,19,22)/t12-/m1/s1. The van der Waals surface area contributed by atoms with E-state index in [0.29, 0.717) is 22.8 Å². The number of rotatable bonds is 3. The normalized spacial score (nSPS) is 21.1. The predicted molar refractivity (Wildman–Crippen MR) is 88.5 cm³/mol. The molecule has 0 aromatic heterocycles. The van der Waals surface area contributed by atoms with Crippen LogP contribution >= 0.6 is 11.6 Å². The molecule has 23 heavy (non-hydrogen) atoms. The van der Waals surface area contributed by atoms with Gasteiger partial charge in [0, 0.05) is 24.0 Å². The van der Waals surface area contributed by atoms with Gasteiger partial charge in [-0.3, -0.25) is 9.59 Å². The first-order chi connectivity index (χ1) is 11.0. The lowest BCUT2D eigenvalue weighted by atomic mass is 9.96. The minimum Gasteiger partial charge on any atom is -0.505 e. The Kier molecular flexibility index (Phi) is 4.48. The molecular weight excluding hydrogens is 316 g/mol. The zero-order chi connectivity index (χ0) is 16.6. The second kappa shape index (κ2) is 6.40. The number of benzene rings is 1. The van der Waals surface area contributed by atoms with Crippen molar-refractivity contribution >= 4 is 29.1 Å². The first-order valence-electron chi connectivity index (χ1n) is 8.04. The van der Waals surface area contributed by atoms with Crippen molar-refractivity contribution in [2.45, 2.75) is 32.6 Å². The lowest BCUT2D eigenvalue weighted by Crippen LogP contribution is -2.44. The highest BCUT2D eigenvalue weighted by molar-refractivity contribution is 6.31. The van der Waals surface area contributed by atoms with Gasteiger partial charge < -0.3 is 15.3 Å². The van der Waals surface area contributed by atoms with Crippen LogP contribution in [0.1, 0.15) is 31.2 Å². The van der Waals surface area contributed by atoms with Gasteiger partial charge in [-0.25, -0.2) is 0 Å². The van der Waals surface area contributed by atoms with E-state index >= 15 is 0 Å². The quantitative estimate of drug-likeness (QED) is 0.834. The van der Waals surface area contributed by atoms with E-state index in [-0.39, 0.29) is 29.4 Å². The molecule has 1 saturated carbocycles. The van der Waals surface area contributed by atoms with Gasteiger partial charge in [-0.1, -0.05) is 11.6 Å². The fraction of sp³-hybridized carbons (Fsp3) is 0.529. The maximum absolute atomic E-state index is 12.5. The first-order valence-corrected chi connectivity index (χ1v) is 8.42. The molecule has 1 aromatic carbocycles. The van der Waals surface area contributed by atoms with Gasteiger partial charge in [-0.2, -0.15) is 0 Å². The molecule has 3 rings (SSSR count). The second-order valence-corrected chi connectivity index (χ2v) is 6.94. The number of carbonyl (C=O) groups is 2. The molecule has 5 nitrogen and oxygen atoms in total. The van der Waals surface area contributed by atoms with Crippen LogP contribution in [0.2, 0.25) is 5.02 Å². The number of amides is 2. The van der Waals surface area contributed by atoms with Gasteiger partial charge >= 0.3 is 0 Å². The Morgan fingerprint density at radius 3 is 2.70 bits per heavy atom. The number of likely N-dealkylation sites (tertiary alicyclic amines) is 1. The summed E-state index contributed by atoms with van der Waals surface area (Å²) >= 11 is 5.98. The van der Waals surface area contributed by atoms with Gasteiger partial charge in [0.2, 0.25) is 11.8 Å². The lowest BCUT2D eigenvalue weighted by Gasteiger charge is -2.32. The largest absolute Gasteiger partial charge is 0.505 e. The maximum Gasteiger partial charge on any atom is 0.229 e. The molecular formula is C17H21ClN2O3. The molecule has 6 heteroatoms. The average Bonchev–Trinajstić information content (AvgIpc) is 3.36. The van der Waals surface area contributed by atoms with E-state index in [9.17, 15) is 14.7 Å². The molecule has 2 N–H and O–H groups in total. The number of anilines is 1. The van der Waals surface area contributed by atoms with Crippen molar-refractivity contribution in [1.29, 1.82) is 0 Å². The van der Waals surface area contributed by atoms with E-state index < -0.39 is 0 Å². The predicted octanol–water partition coefficient (Wildman–Crippen LogP) is 2.94. The van der Waals surface area contributed by atoms with Gasteiger partial charge in [-0.15, -0.1) is 0 Å². The monoisotopic (exact) mass is 336 g/mol. The van der Waals surface area contributed by atoms with Crippen LogP contribution in [0, 0.1) is 18.8 Å². The van der Waals surface area contributed by atoms with E-state index in [1.807, 2.05) is 4.90 Å². The van der Waals surface area contributed by atoms with Gasteiger partial charge in [0.1, 0.15) is 5.75 Å². The van der Waals surface area contributed by atoms with Crippen LogP contribution < -0.4 is 5.32 Å². The summed E-state index contributed by atoms with van der Waals surface area (Å²) in [7, 11) is 0. The molecule has 1 aliphatic carbocycles. The van der Waals surface area contributed by atoms with E-state index in [4.69, 9.17) is 11.6 Å². The highest BCUT2D eigenvalue weighted by Gasteiger charge is 2.36. The van der Waals surface area contributed by atoms with Gasteiger partial charge in [0.15, 0.2) is 0 Å². The summed E-state index contributed by atoms with van der Waals surface area (Å²) < 4.78 is 0. The van der Waals surface area contributed by atoms with Gasteiger partial charge in [0.05, 0.1) is 11.6 Å². The fourth-order valence-electron chi connectivity index (χ4n) is 3.05. The van der Waals surface area contributed by atoms with Crippen LogP contribution in [0.3, 0.4) is 0 Å². The lowest BCUT2D eigenvalue weighted by molar-refractivity contribution is -0.135. The molecule has 124 valence electrons. The van der Waals surface area contributed by atoms with Crippen molar-refractivity contribution in [2.24, 2.45) is 11.8 Å². The molecule has 2 aliphatic rings. The second-order valence-electron chi connectivity index (χ2n) is 6.51. The van der Waals surface area contributed by atoms with Crippen molar-refractivity contribution in [3.05, 3.63) is 22.7 Å². The minimum atomic E-state index is -0.245. The number of piperidine rings is 1. The van der Waals surface area contributed by atoms with Crippen molar-refractivity contribution in [3.63, 3.8) is 0 Å². The molecule has 0 unspecified atom stereocenters. The van der Waals surface area contributed by atoms with Crippen molar-refractivity contribution in [1.82, 2.24) is 4.90 Å². The number of phenolic OH excluding ortho intramolecular Hbond substituents is 1. The highest BCUT2D eigenvalue weighted by atomic mass is 35.5. The van der Waals surface area contributed by atoms with Crippen LogP contribution in [-0.4, -0.2) is 34.9 Å². The molecule has 1 aromatic rings. The Morgan fingerprint density at radius 1 is 1.26 bits per heavy atom. The zero-order valence-corrected chi connectivity index (χ0v) is 13.9. The summed E-state index contributed by atoms with van der Waals surface area (Å²) in [6.07, 6.45) is 3.53. The van der Waals surface area contributed by atoms with E-state index in [2.05, 4.69) is 5.32 Å². The topological polar surface area (TPSA) is 69.6 Å². The van der Waals surface area contributed by atoms with Crippen LogP contribution in [0.5, 0.6) is 5.75 Å². The Hall–Kier alpha value is -1.75. The summed E-state index contributed by atoms with van der Waals surface area (Å²) in [5.74, 6) is -0.0229. The Labute approximate surface area is 140 Å². The zero-order valence-electron chi connectivity index (χ0n) is 13.1. The third-order valence-corrected chi connectivity index (χ3v) is 4.77. The number of phenols is 1. The van der Waals surface area contributed by atoms with Gasteiger partial charge in [0.25, 0.3) is 0 Å². The number of aromatic hydroxyl groups is 1. The number of nitrogens with one attached hydrogen (secondary N) is 1. The molecule has 1 aliphatic heterocycles. The molecule has 0 bridgehead atoms. The number of carbonyl (C=O) groups excluding carboxylic acids is 2. The van der Waals surface area contributed by atoms with Crippen molar-refractivity contribution < 1.29 is 14.7 Å². The molecule has 2 amide bonds. The molecule has 1 heterocycles. The number of aryl methyl sites for hydroxylation is 1. The van der Waals surface area contributed by atoms with Crippen LogP contribution in [-0.2, 0) is 9.59 Å². The maximum atomic E-state index is 12.5. The third kappa shape index (κ3) is 3.61. The van der Waals surface area contributed by atoms with Crippen molar-refractivity contribution in [3.8, 4) is 5.75 Å². The van der Waals surface area contributed by atoms with Crippen LogP contribution in [0.25, 0.3) is 0 Å². The average molecular weight is 337 g/mol. The number of halogens is 1. The molecule has 0 spiro atoms. The fourth-order valence-corrected chi connectivity index (χ4v) is 3.32. The summed E-state index contributed by atoms with van der Waals surface area (Å²) in [5, 5.41) is 13.3. The number of nitrogens with zero attached hydrogens (tertiary/aromatic N) is 1. The summed E-state index contributed by atoms with van der Waals surface area (Å²) in [4.78, 5) is 26.5. The van der Waals surface area contributed by atoms with E-state index in [1.165, 1.54) is 6.07 Å². The van der Waals surface area contributed by atoms with E-state index in [1.54, 1.807) is 13.0 Å². The highest BCUT2D eigenvalue weighted by Crippen LogP contribution is 2.34. The van der Waals surface area contributed by atoms with Crippen LogP contribution in [0.4, 0.5) is 5.69 Å². The number of hydrogen-bond acceptors (Lipinski definition) is 3.